The molecule has 0 saturated heterocycles. The Morgan fingerprint density at radius 1 is 0.794 bits per heavy atom. The van der Waals surface area contributed by atoms with Gasteiger partial charge in [0, 0.05) is 16.1 Å². The molecular weight excluding hydrogens is 447 g/mol. The molecule has 1 unspecified atom stereocenters. The first-order chi connectivity index (χ1) is 16.5. The maximum Gasteiger partial charge on any atom is 0.255 e. The zero-order chi connectivity index (χ0) is 23.9. The monoisotopic (exact) mass is 470 g/mol. The van der Waals surface area contributed by atoms with E-state index in [0.29, 0.717) is 11.3 Å². The summed E-state index contributed by atoms with van der Waals surface area (Å²) in [5.74, 6) is -1.04. The molecule has 2 amide bonds. The lowest BCUT2D eigenvalue weighted by Gasteiger charge is -2.18. The normalized spacial score (nSPS) is 11.5. The van der Waals surface area contributed by atoms with E-state index in [1.807, 2.05) is 73.7 Å². The number of aryl methyl sites for hydroxylation is 1. The highest BCUT2D eigenvalue weighted by atomic mass is 32.2. The van der Waals surface area contributed by atoms with Gasteiger partial charge < -0.3 is 10.6 Å². The van der Waals surface area contributed by atoms with Gasteiger partial charge in [-0.2, -0.15) is 0 Å². The number of rotatable bonds is 7. The van der Waals surface area contributed by atoms with Gasteiger partial charge in [0.05, 0.1) is 5.69 Å². The number of nitrogens with one attached hydrogen (secondary N) is 2. The Morgan fingerprint density at radius 3 is 2.29 bits per heavy atom. The first-order valence-corrected chi connectivity index (χ1v) is 11.6. The molecule has 0 aromatic heterocycles. The number of carbonyl (C=O) groups is 2. The molecular formula is C28H23FN2O2S. The summed E-state index contributed by atoms with van der Waals surface area (Å²) in [4.78, 5) is 26.6. The minimum atomic E-state index is -0.622. The lowest BCUT2D eigenvalue weighted by atomic mass is 10.1. The number of carbonyl (C=O) groups excluding carboxylic acids is 2. The fourth-order valence-corrected chi connectivity index (χ4v) is 4.52. The zero-order valence-electron chi connectivity index (χ0n) is 18.5. The Labute approximate surface area is 202 Å². The molecule has 4 rings (SSSR count). The second kappa shape index (κ2) is 10.8. The number of benzene rings is 4. The van der Waals surface area contributed by atoms with E-state index in [-0.39, 0.29) is 17.5 Å². The van der Waals surface area contributed by atoms with Crippen LogP contribution in [-0.2, 0) is 4.79 Å². The summed E-state index contributed by atoms with van der Waals surface area (Å²) in [6.07, 6.45) is 0. The van der Waals surface area contributed by atoms with Crippen LogP contribution in [0.1, 0.15) is 26.7 Å². The Kier molecular flexibility index (Phi) is 7.40. The number of thioether (sulfide) groups is 1. The van der Waals surface area contributed by atoms with Crippen LogP contribution >= 0.6 is 11.8 Å². The SMILES string of the molecule is Cc1cccc(C(=O)Nc2cccc(SC(C(=O)Nc3ccccc3F)c3ccccc3)c2)c1. The molecule has 0 heterocycles. The molecule has 0 aliphatic heterocycles. The highest BCUT2D eigenvalue weighted by Crippen LogP contribution is 2.37. The molecule has 0 aliphatic rings. The summed E-state index contributed by atoms with van der Waals surface area (Å²) in [6, 6.07) is 30.1. The van der Waals surface area contributed by atoms with E-state index >= 15 is 0 Å². The van der Waals surface area contributed by atoms with E-state index in [1.165, 1.54) is 23.9 Å². The van der Waals surface area contributed by atoms with Crippen molar-refractivity contribution in [3.05, 3.63) is 126 Å². The molecule has 2 N–H and O–H groups in total. The Bertz CT molecular complexity index is 1310. The lowest BCUT2D eigenvalue weighted by molar-refractivity contribution is -0.115. The number of amides is 2. The third-order valence-corrected chi connectivity index (χ3v) is 6.35. The van der Waals surface area contributed by atoms with Gasteiger partial charge in [0.2, 0.25) is 5.91 Å². The van der Waals surface area contributed by atoms with Crippen molar-refractivity contribution in [2.75, 3.05) is 10.6 Å². The minimum absolute atomic E-state index is 0.133. The van der Waals surface area contributed by atoms with E-state index in [9.17, 15) is 14.0 Å². The summed E-state index contributed by atoms with van der Waals surface area (Å²) in [5, 5.41) is 4.99. The first-order valence-electron chi connectivity index (χ1n) is 10.7. The van der Waals surface area contributed by atoms with E-state index in [0.717, 1.165) is 16.0 Å². The average Bonchev–Trinajstić information content (AvgIpc) is 2.84. The Morgan fingerprint density at radius 2 is 1.53 bits per heavy atom. The van der Waals surface area contributed by atoms with Crippen LogP contribution in [0.2, 0.25) is 0 Å². The standard InChI is InChI=1S/C28H23FN2O2S/c1-19-9-7-12-21(17-19)27(32)30-22-13-8-14-23(18-22)34-26(20-10-3-2-4-11-20)28(33)31-25-16-6-5-15-24(25)29/h2-18,26H,1H3,(H,30,32)(H,31,33). The first kappa shape index (κ1) is 23.3. The van der Waals surface area contributed by atoms with Crippen molar-refractivity contribution < 1.29 is 14.0 Å². The van der Waals surface area contributed by atoms with Crippen molar-refractivity contribution in [1.82, 2.24) is 0 Å². The third kappa shape index (κ3) is 5.91. The summed E-state index contributed by atoms with van der Waals surface area (Å²) >= 11 is 1.33. The van der Waals surface area contributed by atoms with E-state index < -0.39 is 11.1 Å². The van der Waals surface area contributed by atoms with Crippen LogP contribution in [0.4, 0.5) is 15.8 Å². The summed E-state index contributed by atoms with van der Waals surface area (Å²) in [7, 11) is 0. The molecule has 4 nitrogen and oxygen atoms in total. The summed E-state index contributed by atoms with van der Waals surface area (Å²) in [6.45, 7) is 1.93. The molecule has 170 valence electrons. The summed E-state index contributed by atoms with van der Waals surface area (Å²) in [5.41, 5.74) is 3.12. The van der Waals surface area contributed by atoms with Crippen molar-refractivity contribution in [2.24, 2.45) is 0 Å². The van der Waals surface area contributed by atoms with Gasteiger partial charge in [-0.15, -0.1) is 11.8 Å². The van der Waals surface area contributed by atoms with Gasteiger partial charge in [-0.3, -0.25) is 9.59 Å². The van der Waals surface area contributed by atoms with Crippen molar-refractivity contribution in [2.45, 2.75) is 17.1 Å². The molecule has 4 aromatic rings. The molecule has 0 aliphatic carbocycles. The molecule has 4 aromatic carbocycles. The van der Waals surface area contributed by atoms with Gasteiger partial charge in [0.25, 0.3) is 5.91 Å². The van der Waals surface area contributed by atoms with E-state index in [4.69, 9.17) is 0 Å². The molecule has 34 heavy (non-hydrogen) atoms. The van der Waals surface area contributed by atoms with Crippen molar-refractivity contribution in [3.8, 4) is 0 Å². The van der Waals surface area contributed by atoms with Crippen LogP contribution in [0.15, 0.2) is 108 Å². The van der Waals surface area contributed by atoms with Crippen LogP contribution in [0.3, 0.4) is 0 Å². The van der Waals surface area contributed by atoms with Gasteiger partial charge in [0.15, 0.2) is 0 Å². The molecule has 0 bridgehead atoms. The van der Waals surface area contributed by atoms with Crippen LogP contribution in [0.25, 0.3) is 0 Å². The van der Waals surface area contributed by atoms with Crippen LogP contribution in [0.5, 0.6) is 0 Å². The van der Waals surface area contributed by atoms with Gasteiger partial charge in [-0.1, -0.05) is 66.2 Å². The van der Waals surface area contributed by atoms with Crippen LogP contribution in [-0.4, -0.2) is 11.8 Å². The predicted molar refractivity (Wildman–Crippen MR) is 136 cm³/mol. The number of para-hydroxylation sites is 1. The second-order valence-electron chi connectivity index (χ2n) is 7.73. The van der Waals surface area contributed by atoms with Gasteiger partial charge >= 0.3 is 0 Å². The number of hydrogen-bond acceptors (Lipinski definition) is 3. The Balaban J connectivity index is 1.55. The summed E-state index contributed by atoms with van der Waals surface area (Å²) < 4.78 is 14.1. The number of hydrogen-bond donors (Lipinski definition) is 2. The largest absolute Gasteiger partial charge is 0.322 e. The maximum atomic E-state index is 14.1. The predicted octanol–water partition coefficient (Wildman–Crippen LogP) is 6.86. The van der Waals surface area contributed by atoms with E-state index in [2.05, 4.69) is 10.6 Å². The third-order valence-electron chi connectivity index (χ3n) is 5.10. The fraction of sp³-hybridized carbons (Fsp3) is 0.0714. The quantitative estimate of drug-likeness (QED) is 0.290. The number of anilines is 2. The average molecular weight is 471 g/mol. The zero-order valence-corrected chi connectivity index (χ0v) is 19.3. The molecule has 0 fully saturated rings. The fourth-order valence-electron chi connectivity index (χ4n) is 3.43. The molecule has 1 atom stereocenters. The highest BCUT2D eigenvalue weighted by Gasteiger charge is 2.23. The lowest BCUT2D eigenvalue weighted by Crippen LogP contribution is -2.19. The molecule has 0 spiro atoms. The Hall–Kier alpha value is -3.90. The second-order valence-corrected chi connectivity index (χ2v) is 8.91. The van der Waals surface area contributed by atoms with Gasteiger partial charge in [0.1, 0.15) is 11.1 Å². The number of halogens is 1. The molecule has 0 radical (unpaired) electrons. The van der Waals surface area contributed by atoms with Crippen LogP contribution in [0, 0.1) is 12.7 Å². The van der Waals surface area contributed by atoms with Crippen LogP contribution < -0.4 is 10.6 Å². The van der Waals surface area contributed by atoms with Gasteiger partial charge in [-0.05, 0) is 55.0 Å². The smallest absolute Gasteiger partial charge is 0.255 e. The molecule has 0 saturated carbocycles. The van der Waals surface area contributed by atoms with Crippen molar-refractivity contribution in [1.29, 1.82) is 0 Å². The van der Waals surface area contributed by atoms with Crippen molar-refractivity contribution in [3.63, 3.8) is 0 Å². The minimum Gasteiger partial charge on any atom is -0.322 e. The molecule has 6 heteroatoms. The highest BCUT2D eigenvalue weighted by molar-refractivity contribution is 8.00. The van der Waals surface area contributed by atoms with Gasteiger partial charge in [-0.25, -0.2) is 4.39 Å². The maximum absolute atomic E-state index is 14.1. The van der Waals surface area contributed by atoms with Crippen molar-refractivity contribution >= 4 is 35.0 Å². The van der Waals surface area contributed by atoms with E-state index in [1.54, 1.807) is 24.3 Å². The topological polar surface area (TPSA) is 58.2 Å².